The third kappa shape index (κ3) is 3.35. The molecule has 28 heavy (non-hydrogen) atoms. The van der Waals surface area contributed by atoms with Gasteiger partial charge in [-0.15, -0.1) is 0 Å². The number of aromatic nitrogens is 3. The van der Waals surface area contributed by atoms with E-state index < -0.39 is 0 Å². The molecule has 7 nitrogen and oxygen atoms in total. The van der Waals surface area contributed by atoms with Crippen LogP contribution in [0, 0.1) is 16.7 Å². The van der Waals surface area contributed by atoms with E-state index in [-0.39, 0.29) is 12.1 Å². The quantitative estimate of drug-likeness (QED) is 0.666. The van der Waals surface area contributed by atoms with E-state index in [0.717, 1.165) is 47.2 Å². The Bertz CT molecular complexity index is 1090. The van der Waals surface area contributed by atoms with E-state index in [1.165, 1.54) is 6.21 Å². The Morgan fingerprint density at radius 3 is 3.11 bits per heavy atom. The predicted octanol–water partition coefficient (Wildman–Crippen LogP) is 3.45. The van der Waals surface area contributed by atoms with Crippen LogP contribution in [0.4, 0.5) is 0 Å². The molecule has 3 aromatic rings. The minimum atomic E-state index is 0.192. The first-order valence-corrected chi connectivity index (χ1v) is 9.41. The highest BCUT2D eigenvalue weighted by Crippen LogP contribution is 2.33. The summed E-state index contributed by atoms with van der Waals surface area (Å²) in [6.45, 7) is 3.37. The highest BCUT2D eigenvalue weighted by molar-refractivity contribution is 6.02. The number of ether oxygens (including phenoxy) is 1. The topological polar surface area (TPSA) is 99.6 Å². The molecule has 1 saturated heterocycles. The van der Waals surface area contributed by atoms with Gasteiger partial charge in [-0.1, -0.05) is 0 Å². The molecule has 2 N–H and O–H groups in total. The van der Waals surface area contributed by atoms with Crippen LogP contribution in [0.25, 0.3) is 21.9 Å². The number of nitrogens with one attached hydrogen (secondary N) is 2. The summed E-state index contributed by atoms with van der Waals surface area (Å²) in [5.74, 6) is 0.917. The molecule has 4 rings (SSSR count). The average Bonchev–Trinajstić information content (AvgIpc) is 3.09. The van der Waals surface area contributed by atoms with E-state index in [1.54, 1.807) is 24.5 Å². The standard InChI is InChI=1S/C21H22N6O/c1-14-9-16(5-8-28-14)27-20(13-24-7-2-6-22)26-19-12-25-18-4-3-15(11-23)10-17(18)21(19)27/h2-4,6-7,10,12,14,16,22,24H,5,8-9,13H2,1H3/b7-2-,22-6?/t14-,16?/m1/s1. The van der Waals surface area contributed by atoms with Crippen molar-refractivity contribution in [1.82, 2.24) is 19.9 Å². The zero-order chi connectivity index (χ0) is 19.5. The van der Waals surface area contributed by atoms with Crippen LogP contribution in [0.1, 0.15) is 37.2 Å². The Kier molecular flexibility index (Phi) is 5.04. The molecule has 1 aliphatic rings. The van der Waals surface area contributed by atoms with Crippen molar-refractivity contribution in [2.24, 2.45) is 0 Å². The number of fused-ring (bicyclic) bond motifs is 3. The van der Waals surface area contributed by atoms with Crippen LogP contribution in [0.3, 0.4) is 0 Å². The number of hydrogen-bond acceptors (Lipinski definition) is 6. The summed E-state index contributed by atoms with van der Waals surface area (Å²) >= 11 is 0. The first-order valence-electron chi connectivity index (χ1n) is 9.41. The fourth-order valence-electron chi connectivity index (χ4n) is 3.89. The summed E-state index contributed by atoms with van der Waals surface area (Å²) in [5.41, 5.74) is 3.32. The molecular weight excluding hydrogens is 352 g/mol. The van der Waals surface area contributed by atoms with Gasteiger partial charge in [-0.2, -0.15) is 5.26 Å². The fourth-order valence-corrected chi connectivity index (χ4v) is 3.89. The molecule has 1 aromatic carbocycles. The Balaban J connectivity index is 1.90. The molecule has 1 aliphatic heterocycles. The fraction of sp³-hybridized carbons (Fsp3) is 0.333. The van der Waals surface area contributed by atoms with Gasteiger partial charge in [0.1, 0.15) is 11.3 Å². The first-order chi connectivity index (χ1) is 13.7. The van der Waals surface area contributed by atoms with Crippen LogP contribution in [-0.2, 0) is 11.3 Å². The van der Waals surface area contributed by atoms with Crippen molar-refractivity contribution in [2.75, 3.05) is 6.61 Å². The molecule has 2 aromatic heterocycles. The second-order valence-corrected chi connectivity index (χ2v) is 7.00. The van der Waals surface area contributed by atoms with Gasteiger partial charge in [0, 0.05) is 24.2 Å². The molecule has 0 spiro atoms. The van der Waals surface area contributed by atoms with Crippen molar-refractivity contribution >= 4 is 28.2 Å². The lowest BCUT2D eigenvalue weighted by Gasteiger charge is -2.30. The maximum absolute atomic E-state index is 9.35. The molecule has 0 radical (unpaired) electrons. The van der Waals surface area contributed by atoms with Gasteiger partial charge in [-0.25, -0.2) is 4.98 Å². The summed E-state index contributed by atoms with van der Waals surface area (Å²) in [6.07, 6.45) is 8.44. The Hall–Kier alpha value is -3.24. The predicted molar refractivity (Wildman–Crippen MR) is 108 cm³/mol. The van der Waals surface area contributed by atoms with E-state index in [1.807, 2.05) is 12.1 Å². The second-order valence-electron chi connectivity index (χ2n) is 7.00. The largest absolute Gasteiger partial charge is 0.384 e. The van der Waals surface area contributed by atoms with Gasteiger partial charge in [0.05, 0.1) is 41.5 Å². The summed E-state index contributed by atoms with van der Waals surface area (Å²) < 4.78 is 8.05. The van der Waals surface area contributed by atoms with E-state index >= 15 is 0 Å². The Morgan fingerprint density at radius 2 is 2.32 bits per heavy atom. The minimum Gasteiger partial charge on any atom is -0.384 e. The third-order valence-electron chi connectivity index (χ3n) is 5.11. The molecule has 0 amide bonds. The van der Waals surface area contributed by atoms with Gasteiger partial charge >= 0.3 is 0 Å². The molecule has 7 heteroatoms. The van der Waals surface area contributed by atoms with Gasteiger partial charge in [0.2, 0.25) is 0 Å². The Labute approximate surface area is 163 Å². The van der Waals surface area contributed by atoms with Crippen LogP contribution < -0.4 is 5.32 Å². The summed E-state index contributed by atoms with van der Waals surface area (Å²) in [5, 5.41) is 20.6. The minimum absolute atomic E-state index is 0.192. The lowest BCUT2D eigenvalue weighted by atomic mass is 10.0. The number of nitrogens with zero attached hydrogens (tertiary/aromatic N) is 4. The number of hydrogen-bond donors (Lipinski definition) is 2. The zero-order valence-electron chi connectivity index (χ0n) is 15.7. The number of benzene rings is 1. The SMILES string of the molecule is C[C@@H]1CC(n2c(CN/C=C\C=N)nc3cnc4ccc(C#N)cc4c32)CCO1. The Morgan fingerprint density at radius 1 is 1.43 bits per heavy atom. The van der Waals surface area contributed by atoms with E-state index in [0.29, 0.717) is 12.1 Å². The molecule has 142 valence electrons. The maximum atomic E-state index is 9.35. The van der Waals surface area contributed by atoms with E-state index in [9.17, 15) is 5.26 Å². The summed E-state index contributed by atoms with van der Waals surface area (Å²) in [7, 11) is 0. The number of nitriles is 1. The van der Waals surface area contributed by atoms with Crippen LogP contribution in [0.5, 0.6) is 0 Å². The normalized spacial score (nSPS) is 19.9. The van der Waals surface area contributed by atoms with Crippen LogP contribution >= 0.6 is 0 Å². The second kappa shape index (κ2) is 7.79. The summed E-state index contributed by atoms with van der Waals surface area (Å²) in [6, 6.07) is 8.08. The van der Waals surface area contributed by atoms with Crippen molar-refractivity contribution < 1.29 is 4.74 Å². The molecular formula is C21H22N6O. The third-order valence-corrected chi connectivity index (χ3v) is 5.11. The lowest BCUT2D eigenvalue weighted by Crippen LogP contribution is -2.27. The van der Waals surface area contributed by atoms with Gasteiger partial charge < -0.3 is 20.0 Å². The highest BCUT2D eigenvalue weighted by atomic mass is 16.5. The van der Waals surface area contributed by atoms with Gasteiger partial charge in [-0.05, 0) is 50.2 Å². The van der Waals surface area contributed by atoms with Crippen LogP contribution in [0.15, 0.2) is 36.7 Å². The van der Waals surface area contributed by atoms with Crippen molar-refractivity contribution in [3.63, 3.8) is 0 Å². The average molecular weight is 374 g/mol. The van der Waals surface area contributed by atoms with Crippen LogP contribution in [-0.4, -0.2) is 33.5 Å². The van der Waals surface area contributed by atoms with E-state index in [2.05, 4.69) is 27.9 Å². The maximum Gasteiger partial charge on any atom is 0.129 e. The number of allylic oxidation sites excluding steroid dienone is 1. The molecule has 3 heterocycles. The van der Waals surface area contributed by atoms with Gasteiger partial charge in [0.15, 0.2) is 0 Å². The van der Waals surface area contributed by atoms with Gasteiger partial charge in [-0.3, -0.25) is 4.98 Å². The van der Waals surface area contributed by atoms with Crippen molar-refractivity contribution in [1.29, 1.82) is 10.7 Å². The molecule has 0 saturated carbocycles. The van der Waals surface area contributed by atoms with Crippen molar-refractivity contribution in [3.8, 4) is 6.07 Å². The lowest BCUT2D eigenvalue weighted by molar-refractivity contribution is 0.00622. The smallest absolute Gasteiger partial charge is 0.129 e. The molecule has 1 unspecified atom stereocenters. The monoisotopic (exact) mass is 374 g/mol. The molecule has 1 fully saturated rings. The highest BCUT2D eigenvalue weighted by Gasteiger charge is 2.26. The molecule has 0 bridgehead atoms. The zero-order valence-corrected chi connectivity index (χ0v) is 15.7. The number of imidazole rings is 1. The number of pyridine rings is 1. The van der Waals surface area contributed by atoms with E-state index in [4.69, 9.17) is 15.1 Å². The first kappa shape index (κ1) is 18.1. The van der Waals surface area contributed by atoms with Gasteiger partial charge in [0.25, 0.3) is 0 Å². The van der Waals surface area contributed by atoms with Crippen molar-refractivity contribution in [3.05, 3.63) is 48.1 Å². The van der Waals surface area contributed by atoms with Crippen molar-refractivity contribution in [2.45, 2.75) is 38.5 Å². The molecule has 0 aliphatic carbocycles. The summed E-state index contributed by atoms with van der Waals surface area (Å²) in [4.78, 5) is 9.37. The number of rotatable bonds is 5. The van der Waals surface area contributed by atoms with Crippen LogP contribution in [0.2, 0.25) is 0 Å². The molecule has 2 atom stereocenters.